The molecule has 0 aromatic heterocycles. The van der Waals surface area contributed by atoms with Gasteiger partial charge in [0.05, 0.1) is 10.5 Å². The summed E-state index contributed by atoms with van der Waals surface area (Å²) in [5, 5.41) is 19.2. The summed E-state index contributed by atoms with van der Waals surface area (Å²) >= 11 is 2.44. The van der Waals surface area contributed by atoms with Crippen molar-refractivity contribution in [1.29, 1.82) is 0 Å². The Kier molecular flexibility index (Phi) is 6.18. The van der Waals surface area contributed by atoms with Crippen LogP contribution in [-0.4, -0.2) is 40.2 Å². The van der Waals surface area contributed by atoms with Crippen LogP contribution in [0.5, 0.6) is 0 Å². The van der Waals surface area contributed by atoms with Crippen LogP contribution in [-0.2, 0) is 4.79 Å². The van der Waals surface area contributed by atoms with Crippen molar-refractivity contribution in [3.8, 4) is 0 Å². The van der Waals surface area contributed by atoms with Gasteiger partial charge >= 0.3 is 0 Å². The highest BCUT2D eigenvalue weighted by atomic mass is 127. The second-order valence-corrected chi connectivity index (χ2v) is 7.93. The lowest BCUT2D eigenvalue weighted by atomic mass is 9.83. The van der Waals surface area contributed by atoms with E-state index in [-0.39, 0.29) is 23.9 Å². The van der Waals surface area contributed by atoms with Gasteiger partial charge in [0.2, 0.25) is 0 Å². The first-order valence-corrected chi connectivity index (χ1v) is 8.71. The van der Waals surface area contributed by atoms with E-state index < -0.39 is 5.23 Å². The molecule has 116 valence electrons. The highest BCUT2D eigenvalue weighted by Crippen LogP contribution is 2.23. The molecule has 0 aromatic carbocycles. The largest absolute Gasteiger partial charge is 0.600 e. The normalized spacial score (nSPS) is 40.3. The third-order valence-electron chi connectivity index (χ3n) is 4.73. The van der Waals surface area contributed by atoms with Crippen molar-refractivity contribution in [2.24, 2.45) is 11.7 Å². The van der Waals surface area contributed by atoms with Crippen molar-refractivity contribution in [1.82, 2.24) is 0 Å². The quantitative estimate of drug-likeness (QED) is 0.268. The van der Waals surface area contributed by atoms with Gasteiger partial charge in [-0.15, -0.1) is 0 Å². The predicted molar refractivity (Wildman–Crippen MR) is 82.6 cm³/mol. The van der Waals surface area contributed by atoms with Gasteiger partial charge in [0, 0.05) is 25.2 Å². The van der Waals surface area contributed by atoms with Gasteiger partial charge in [-0.25, -0.2) is 10.4 Å². The molecular weight excluding hydrogens is 373 g/mol. The number of likely N-dealkylation sites (tertiary alicyclic amines) is 1. The summed E-state index contributed by atoms with van der Waals surface area (Å²) in [6.07, 6.45) is 4.95. The fourth-order valence-electron chi connectivity index (χ4n) is 3.34. The van der Waals surface area contributed by atoms with E-state index in [1.165, 1.54) is 4.90 Å². The summed E-state index contributed by atoms with van der Waals surface area (Å²) in [5.74, 6) is 0.338. The number of halogens is 1. The van der Waals surface area contributed by atoms with Crippen LogP contribution in [0.15, 0.2) is 0 Å². The van der Waals surface area contributed by atoms with Gasteiger partial charge in [0.1, 0.15) is 18.8 Å². The molecule has 5 N–H and O–H groups in total. The van der Waals surface area contributed by atoms with E-state index >= 15 is 0 Å². The highest BCUT2D eigenvalue weighted by molar-refractivity contribution is 14.1. The Balaban J connectivity index is 1.80. The number of carbonyl (C=O) groups is 1. The van der Waals surface area contributed by atoms with E-state index in [9.17, 15) is 10.0 Å². The Morgan fingerprint density at radius 1 is 1.30 bits per heavy atom. The Labute approximate surface area is 133 Å². The molecule has 4 atom stereocenters. The van der Waals surface area contributed by atoms with E-state index in [1.54, 1.807) is 0 Å². The zero-order valence-corrected chi connectivity index (χ0v) is 13.8. The minimum absolute atomic E-state index is 0.0555. The van der Waals surface area contributed by atoms with Crippen molar-refractivity contribution >= 4 is 28.4 Å². The number of ketones is 1. The van der Waals surface area contributed by atoms with E-state index in [0.717, 1.165) is 32.2 Å². The number of hydroxylamine groups is 2. The molecule has 7 heteroatoms. The van der Waals surface area contributed by atoms with Crippen LogP contribution in [0.2, 0.25) is 0 Å². The van der Waals surface area contributed by atoms with Gasteiger partial charge in [-0.2, -0.15) is 0 Å². The minimum atomic E-state index is -0.715. The summed E-state index contributed by atoms with van der Waals surface area (Å²) in [5.41, 5.74) is 6.11. The molecule has 0 bridgehead atoms. The summed E-state index contributed by atoms with van der Waals surface area (Å²) < 4.78 is 0.609. The molecule has 1 saturated heterocycles. The van der Waals surface area contributed by atoms with Crippen LogP contribution in [0.1, 0.15) is 38.5 Å². The van der Waals surface area contributed by atoms with E-state index in [0.29, 0.717) is 23.3 Å². The summed E-state index contributed by atoms with van der Waals surface area (Å²) in [6.45, 7) is 1.49. The molecule has 0 radical (unpaired) electrons. The number of nitrogens with two attached hydrogens (primary N) is 1. The van der Waals surface area contributed by atoms with Crippen LogP contribution in [0.25, 0.3) is 0 Å². The zero-order chi connectivity index (χ0) is 14.7. The van der Waals surface area contributed by atoms with Gasteiger partial charge in [0.15, 0.2) is 5.78 Å². The number of nitrogens with one attached hydrogen (secondary N) is 2. The molecule has 2 rings (SSSR count). The maximum atomic E-state index is 12.4. The molecule has 0 spiro atoms. The molecule has 0 aromatic rings. The molecule has 2 aliphatic rings. The fraction of sp³-hybridized carbons (Fsp3) is 0.923. The Morgan fingerprint density at radius 2 is 1.95 bits per heavy atom. The molecule has 1 heterocycles. The molecule has 1 aliphatic heterocycles. The van der Waals surface area contributed by atoms with Gasteiger partial charge in [-0.05, 0) is 19.3 Å². The van der Waals surface area contributed by atoms with Gasteiger partial charge < -0.3 is 10.1 Å². The highest BCUT2D eigenvalue weighted by Gasteiger charge is 2.34. The maximum Gasteiger partial charge on any atom is 0.189 e. The summed E-state index contributed by atoms with van der Waals surface area (Å²) in [6, 6.07) is -0.248. The number of hydrogen-bond donors (Lipinski definition) is 4. The smallest absolute Gasteiger partial charge is 0.189 e. The average Bonchev–Trinajstić information content (AvgIpc) is 2.43. The Morgan fingerprint density at radius 3 is 2.55 bits per heavy atom. The van der Waals surface area contributed by atoms with E-state index in [2.05, 4.69) is 22.6 Å². The van der Waals surface area contributed by atoms with Crippen molar-refractivity contribution in [2.45, 2.75) is 54.7 Å². The summed E-state index contributed by atoms with van der Waals surface area (Å²) in [7, 11) is 0. The third kappa shape index (κ3) is 4.35. The lowest BCUT2D eigenvalue weighted by molar-refractivity contribution is -1.07. The molecule has 0 amide bonds. The Hall–Kier alpha value is 0.200. The number of piperidine rings is 1. The van der Waals surface area contributed by atoms with Crippen molar-refractivity contribution < 1.29 is 20.1 Å². The molecule has 1 aliphatic carbocycles. The lowest BCUT2D eigenvalue weighted by Crippen LogP contribution is -3.20. The molecule has 1 saturated carbocycles. The first-order valence-electron chi connectivity index (χ1n) is 7.47. The predicted octanol–water partition coefficient (Wildman–Crippen LogP) is -1.35. The number of quaternary nitrogens is 2. The zero-order valence-electron chi connectivity index (χ0n) is 11.7. The van der Waals surface area contributed by atoms with Gasteiger partial charge in [0.25, 0.3) is 0 Å². The summed E-state index contributed by atoms with van der Waals surface area (Å²) in [4.78, 5) is 13.6. The molecule has 2 fully saturated rings. The Bertz CT molecular complexity index is 335. The molecular formula is C13H25IN3O3+. The second-order valence-electron chi connectivity index (χ2n) is 6.17. The number of hydrogen-bond acceptors (Lipinski definition) is 4. The molecule has 20 heavy (non-hydrogen) atoms. The first kappa shape index (κ1) is 16.6. The monoisotopic (exact) mass is 398 g/mol. The maximum absolute atomic E-state index is 12.4. The second kappa shape index (κ2) is 7.46. The number of alkyl halides is 1. The standard InChI is InChI=1S/C13H24IN3O3/c14-10-3-6-13(15)16(7-10)8-12(18)9-1-4-11(5-2-9)17(19)20/h9-11,13,17,19H,1-8,15H2/p+1. The van der Waals surface area contributed by atoms with E-state index in [4.69, 9.17) is 10.9 Å². The van der Waals surface area contributed by atoms with Crippen LogP contribution in [0.4, 0.5) is 0 Å². The van der Waals surface area contributed by atoms with Crippen molar-refractivity contribution in [2.75, 3.05) is 13.1 Å². The van der Waals surface area contributed by atoms with Crippen LogP contribution >= 0.6 is 22.6 Å². The minimum Gasteiger partial charge on any atom is -0.600 e. The SMILES string of the molecule is NC1CCC(I)C[NH+]1CC(=O)C1CCC([NH+]([O-])O)CC1. The number of carbonyl (C=O) groups excluding carboxylic acids is 1. The van der Waals surface area contributed by atoms with Crippen LogP contribution in [0, 0.1) is 11.1 Å². The van der Waals surface area contributed by atoms with E-state index in [1.807, 2.05) is 0 Å². The van der Waals surface area contributed by atoms with Crippen molar-refractivity contribution in [3.05, 3.63) is 5.21 Å². The first-order chi connectivity index (χ1) is 9.47. The number of Topliss-reactive ketones (excluding diaryl/α,β-unsaturated/α-hetero) is 1. The van der Waals surface area contributed by atoms with Crippen LogP contribution < -0.4 is 15.9 Å². The lowest BCUT2D eigenvalue weighted by Gasteiger charge is -2.34. The number of rotatable bonds is 4. The van der Waals surface area contributed by atoms with Crippen molar-refractivity contribution in [3.63, 3.8) is 0 Å². The van der Waals surface area contributed by atoms with Crippen LogP contribution in [0.3, 0.4) is 0 Å². The molecule has 6 nitrogen and oxygen atoms in total. The topological polar surface area (TPSA) is 95.3 Å². The molecule has 4 unspecified atom stereocenters. The third-order valence-corrected chi connectivity index (χ3v) is 5.80. The van der Waals surface area contributed by atoms with Gasteiger partial charge in [-0.3, -0.25) is 10.5 Å². The fourth-order valence-corrected chi connectivity index (χ4v) is 4.26. The average molecular weight is 398 g/mol. The van der Waals surface area contributed by atoms with Gasteiger partial charge in [-0.1, -0.05) is 22.6 Å².